The lowest BCUT2D eigenvalue weighted by Crippen LogP contribution is -2.17. The number of carboxylic acid groups (broad SMARTS) is 1. The zero-order valence-electron chi connectivity index (χ0n) is 10.5. The Morgan fingerprint density at radius 3 is 2.80 bits per heavy atom. The summed E-state index contributed by atoms with van der Waals surface area (Å²) in [5.74, 6) is -1.35. The quantitative estimate of drug-likeness (QED) is 0.771. The Morgan fingerprint density at radius 2 is 2.20 bits per heavy atom. The molecule has 2 aromatic rings. The number of carbonyl (C=O) groups is 2. The van der Waals surface area contributed by atoms with E-state index in [1.807, 2.05) is 34.9 Å². The molecule has 0 spiro atoms. The standard InChI is InChI=1S/C13H11IN2O3S/c1-7-15-9(6-20-7)5-12(17)16-11-3-2-8(14)4-10(11)13(18)19/h2-4,6H,5H2,1H3,(H,16,17)(H,18,19). The predicted octanol–water partition coefficient (Wildman–Crippen LogP) is 2.94. The van der Waals surface area contributed by atoms with Crippen LogP contribution in [0.2, 0.25) is 0 Å². The highest BCUT2D eigenvalue weighted by molar-refractivity contribution is 14.1. The van der Waals surface area contributed by atoms with E-state index in [1.165, 1.54) is 17.4 Å². The Kier molecular flexibility index (Phi) is 4.71. The van der Waals surface area contributed by atoms with E-state index < -0.39 is 5.97 Å². The van der Waals surface area contributed by atoms with Crippen molar-refractivity contribution in [1.82, 2.24) is 4.98 Å². The van der Waals surface area contributed by atoms with Gasteiger partial charge in [0.1, 0.15) is 0 Å². The van der Waals surface area contributed by atoms with Gasteiger partial charge in [-0.05, 0) is 47.7 Å². The highest BCUT2D eigenvalue weighted by Crippen LogP contribution is 2.19. The van der Waals surface area contributed by atoms with Crippen molar-refractivity contribution >= 4 is 51.5 Å². The van der Waals surface area contributed by atoms with Crippen LogP contribution in [0.5, 0.6) is 0 Å². The first-order valence-electron chi connectivity index (χ1n) is 5.69. The van der Waals surface area contributed by atoms with Crippen LogP contribution in [0.3, 0.4) is 0 Å². The molecule has 0 atom stereocenters. The van der Waals surface area contributed by atoms with Gasteiger partial charge in [0.25, 0.3) is 0 Å². The molecule has 104 valence electrons. The van der Waals surface area contributed by atoms with Crippen LogP contribution in [-0.4, -0.2) is 22.0 Å². The Morgan fingerprint density at radius 1 is 1.45 bits per heavy atom. The maximum absolute atomic E-state index is 11.9. The number of hydrogen-bond acceptors (Lipinski definition) is 4. The van der Waals surface area contributed by atoms with Crippen LogP contribution in [-0.2, 0) is 11.2 Å². The lowest BCUT2D eigenvalue weighted by Gasteiger charge is -2.08. The third kappa shape index (κ3) is 3.76. The zero-order chi connectivity index (χ0) is 14.7. The average molecular weight is 402 g/mol. The molecule has 0 aliphatic heterocycles. The normalized spacial score (nSPS) is 10.3. The molecule has 0 aliphatic rings. The minimum Gasteiger partial charge on any atom is -0.478 e. The van der Waals surface area contributed by atoms with Crippen LogP contribution < -0.4 is 5.32 Å². The summed E-state index contributed by atoms with van der Waals surface area (Å²) in [7, 11) is 0. The van der Waals surface area contributed by atoms with Crippen LogP contribution in [0.15, 0.2) is 23.6 Å². The first-order valence-corrected chi connectivity index (χ1v) is 7.65. The second-order valence-corrected chi connectivity index (χ2v) is 6.39. The molecule has 0 radical (unpaired) electrons. The van der Waals surface area contributed by atoms with Crippen LogP contribution in [0.1, 0.15) is 21.1 Å². The fourth-order valence-electron chi connectivity index (χ4n) is 1.65. The molecule has 0 saturated heterocycles. The van der Waals surface area contributed by atoms with Crippen molar-refractivity contribution < 1.29 is 14.7 Å². The third-order valence-corrected chi connectivity index (χ3v) is 3.99. The summed E-state index contributed by atoms with van der Waals surface area (Å²) in [6.07, 6.45) is 0.134. The van der Waals surface area contributed by atoms with Gasteiger partial charge in [0, 0.05) is 8.95 Å². The average Bonchev–Trinajstić information content (AvgIpc) is 2.76. The van der Waals surface area contributed by atoms with Gasteiger partial charge < -0.3 is 10.4 Å². The Labute approximate surface area is 133 Å². The first kappa shape index (κ1) is 14.9. The molecule has 0 saturated carbocycles. The smallest absolute Gasteiger partial charge is 0.337 e. The Bertz CT molecular complexity index is 669. The van der Waals surface area contributed by atoms with Crippen LogP contribution in [0.4, 0.5) is 5.69 Å². The van der Waals surface area contributed by atoms with E-state index in [9.17, 15) is 9.59 Å². The number of carbonyl (C=O) groups excluding carboxylic acids is 1. The van der Waals surface area contributed by atoms with E-state index in [2.05, 4.69) is 10.3 Å². The molecule has 20 heavy (non-hydrogen) atoms. The molecule has 0 unspecified atom stereocenters. The van der Waals surface area contributed by atoms with Gasteiger partial charge in [-0.25, -0.2) is 9.78 Å². The van der Waals surface area contributed by atoms with Gasteiger partial charge in [-0.2, -0.15) is 0 Å². The molecular formula is C13H11IN2O3S. The minimum atomic E-state index is -1.07. The number of aromatic carboxylic acids is 1. The van der Waals surface area contributed by atoms with Gasteiger partial charge in [-0.1, -0.05) is 0 Å². The van der Waals surface area contributed by atoms with Gasteiger partial charge in [0.15, 0.2) is 0 Å². The number of halogens is 1. The van der Waals surface area contributed by atoms with Gasteiger partial charge in [-0.3, -0.25) is 4.79 Å². The fraction of sp³-hybridized carbons (Fsp3) is 0.154. The number of rotatable bonds is 4. The summed E-state index contributed by atoms with van der Waals surface area (Å²) in [5.41, 5.74) is 1.07. The maximum atomic E-state index is 11.9. The Balaban J connectivity index is 2.13. The molecule has 2 rings (SSSR count). The second-order valence-electron chi connectivity index (χ2n) is 4.08. The summed E-state index contributed by atoms with van der Waals surface area (Å²) in [6.45, 7) is 1.87. The van der Waals surface area contributed by atoms with Crippen molar-refractivity contribution in [2.75, 3.05) is 5.32 Å². The molecule has 2 N–H and O–H groups in total. The zero-order valence-corrected chi connectivity index (χ0v) is 13.5. The lowest BCUT2D eigenvalue weighted by atomic mass is 10.1. The van der Waals surface area contributed by atoms with Crippen LogP contribution in [0.25, 0.3) is 0 Å². The number of aromatic nitrogens is 1. The largest absolute Gasteiger partial charge is 0.478 e. The van der Waals surface area contributed by atoms with Crippen LogP contribution in [0, 0.1) is 10.5 Å². The summed E-state index contributed by atoms with van der Waals surface area (Å²) in [4.78, 5) is 27.3. The van der Waals surface area contributed by atoms with E-state index in [4.69, 9.17) is 5.11 Å². The Hall–Kier alpha value is -1.48. The molecule has 7 heteroatoms. The first-order chi connectivity index (χ1) is 9.45. The fourth-order valence-corrected chi connectivity index (χ4v) is 2.75. The van der Waals surface area contributed by atoms with Crippen molar-refractivity contribution in [2.24, 2.45) is 0 Å². The summed E-state index contributed by atoms with van der Waals surface area (Å²) >= 11 is 3.50. The van der Waals surface area contributed by atoms with E-state index in [1.54, 1.807) is 12.1 Å². The number of thiazole rings is 1. The number of anilines is 1. The van der Waals surface area contributed by atoms with E-state index in [0.717, 1.165) is 8.58 Å². The van der Waals surface area contributed by atoms with Crippen molar-refractivity contribution in [3.05, 3.63) is 43.4 Å². The van der Waals surface area contributed by atoms with Crippen molar-refractivity contribution in [3.8, 4) is 0 Å². The number of amides is 1. The van der Waals surface area contributed by atoms with Gasteiger partial charge >= 0.3 is 5.97 Å². The number of hydrogen-bond donors (Lipinski definition) is 2. The number of nitrogens with zero attached hydrogens (tertiary/aromatic N) is 1. The SMILES string of the molecule is Cc1nc(CC(=O)Nc2ccc(I)cc2C(=O)O)cs1. The van der Waals surface area contributed by atoms with Crippen molar-refractivity contribution in [3.63, 3.8) is 0 Å². The number of nitrogens with one attached hydrogen (secondary N) is 1. The summed E-state index contributed by atoms with van der Waals surface area (Å²) in [5, 5.41) is 14.5. The maximum Gasteiger partial charge on any atom is 0.337 e. The van der Waals surface area contributed by atoms with Crippen molar-refractivity contribution in [1.29, 1.82) is 0 Å². The number of carboxylic acids is 1. The van der Waals surface area contributed by atoms with E-state index >= 15 is 0 Å². The molecule has 1 heterocycles. The summed E-state index contributed by atoms with van der Waals surface area (Å²) in [6, 6.07) is 4.86. The molecule has 1 amide bonds. The van der Waals surface area contributed by atoms with Gasteiger partial charge in [-0.15, -0.1) is 11.3 Å². The highest BCUT2D eigenvalue weighted by atomic mass is 127. The molecule has 0 fully saturated rings. The minimum absolute atomic E-state index is 0.0831. The highest BCUT2D eigenvalue weighted by Gasteiger charge is 2.14. The van der Waals surface area contributed by atoms with E-state index in [-0.39, 0.29) is 17.9 Å². The number of benzene rings is 1. The van der Waals surface area contributed by atoms with Gasteiger partial charge in [0.2, 0.25) is 5.91 Å². The third-order valence-electron chi connectivity index (χ3n) is 2.49. The number of aryl methyl sites for hydroxylation is 1. The van der Waals surface area contributed by atoms with Crippen molar-refractivity contribution in [2.45, 2.75) is 13.3 Å². The molecule has 5 nitrogen and oxygen atoms in total. The topological polar surface area (TPSA) is 79.3 Å². The van der Waals surface area contributed by atoms with E-state index in [0.29, 0.717) is 11.4 Å². The molecule has 1 aromatic heterocycles. The monoisotopic (exact) mass is 402 g/mol. The predicted molar refractivity (Wildman–Crippen MR) is 85.3 cm³/mol. The molecular weight excluding hydrogens is 391 g/mol. The van der Waals surface area contributed by atoms with Gasteiger partial charge in [0.05, 0.1) is 28.4 Å². The molecule has 0 aliphatic carbocycles. The second kappa shape index (κ2) is 6.31. The summed E-state index contributed by atoms with van der Waals surface area (Å²) < 4.78 is 0.799. The van der Waals surface area contributed by atoms with Crippen LogP contribution >= 0.6 is 33.9 Å². The molecule has 1 aromatic carbocycles. The molecule has 0 bridgehead atoms. The lowest BCUT2D eigenvalue weighted by molar-refractivity contribution is -0.115.